The van der Waals surface area contributed by atoms with E-state index in [4.69, 9.17) is 4.98 Å². The highest BCUT2D eigenvalue weighted by molar-refractivity contribution is 5.42. The predicted molar refractivity (Wildman–Crippen MR) is 87.8 cm³/mol. The Kier molecular flexibility index (Phi) is 4.76. The molecule has 4 heteroatoms. The molecular formula is C17H28N4. The zero-order valence-corrected chi connectivity index (χ0v) is 13.4. The molecule has 0 radical (unpaired) electrons. The number of aryl methyl sites for hydroxylation is 1. The lowest BCUT2D eigenvalue weighted by atomic mass is 10.1. The van der Waals surface area contributed by atoms with Gasteiger partial charge in [-0.05, 0) is 50.9 Å². The number of fused-ring (bicyclic) bond motifs is 1. The van der Waals surface area contributed by atoms with E-state index in [9.17, 15) is 0 Å². The number of anilines is 1. The molecule has 1 aromatic heterocycles. The Balaban J connectivity index is 1.64. The summed E-state index contributed by atoms with van der Waals surface area (Å²) >= 11 is 0. The number of hydrogen-bond acceptors (Lipinski definition) is 4. The average Bonchev–Trinajstić information content (AvgIpc) is 2.96. The zero-order chi connectivity index (χ0) is 14.7. The van der Waals surface area contributed by atoms with Crippen LogP contribution in [0.2, 0.25) is 0 Å². The van der Waals surface area contributed by atoms with Crippen molar-refractivity contribution >= 4 is 5.82 Å². The molecule has 1 atom stereocenters. The lowest BCUT2D eigenvalue weighted by Gasteiger charge is -2.38. The van der Waals surface area contributed by atoms with Gasteiger partial charge in [0.1, 0.15) is 5.82 Å². The van der Waals surface area contributed by atoms with Crippen molar-refractivity contribution in [1.82, 2.24) is 15.2 Å². The molecule has 1 N–H and O–H groups in total. The van der Waals surface area contributed by atoms with Gasteiger partial charge in [-0.3, -0.25) is 4.90 Å². The summed E-state index contributed by atoms with van der Waals surface area (Å²) in [7, 11) is 0. The highest BCUT2D eigenvalue weighted by Gasteiger charge is 2.30. The van der Waals surface area contributed by atoms with Crippen LogP contribution >= 0.6 is 0 Å². The van der Waals surface area contributed by atoms with Gasteiger partial charge in [-0.2, -0.15) is 0 Å². The van der Waals surface area contributed by atoms with Gasteiger partial charge in [0.15, 0.2) is 0 Å². The smallest absolute Gasteiger partial charge is 0.128 e. The molecular weight excluding hydrogens is 260 g/mol. The van der Waals surface area contributed by atoms with Gasteiger partial charge >= 0.3 is 0 Å². The Morgan fingerprint density at radius 2 is 2.19 bits per heavy atom. The van der Waals surface area contributed by atoms with E-state index in [0.29, 0.717) is 0 Å². The molecule has 0 aliphatic carbocycles. The third-order valence-electron chi connectivity index (χ3n) is 4.83. The van der Waals surface area contributed by atoms with E-state index < -0.39 is 0 Å². The monoisotopic (exact) mass is 288 g/mol. The number of nitrogens with zero attached hydrogens (tertiary/aromatic N) is 3. The summed E-state index contributed by atoms with van der Waals surface area (Å²) in [5, 5.41) is 3.46. The van der Waals surface area contributed by atoms with Crippen LogP contribution in [0.3, 0.4) is 0 Å². The van der Waals surface area contributed by atoms with Crippen molar-refractivity contribution in [2.75, 3.05) is 37.6 Å². The van der Waals surface area contributed by atoms with Gasteiger partial charge in [-0.25, -0.2) is 4.98 Å². The number of hydrogen-bond donors (Lipinski definition) is 1. The average molecular weight is 288 g/mol. The number of pyridine rings is 1. The molecule has 0 bridgehead atoms. The second kappa shape index (κ2) is 6.75. The van der Waals surface area contributed by atoms with Gasteiger partial charge in [0, 0.05) is 37.9 Å². The maximum Gasteiger partial charge on any atom is 0.128 e. The van der Waals surface area contributed by atoms with Crippen LogP contribution in [0.1, 0.15) is 37.4 Å². The standard InChI is InChI=1S/C17H28N4/c1-3-8-18-12-15-6-7-17(19-14(15)2)21-11-10-20-9-4-5-16(20)13-21/h6-7,16,18H,3-5,8-13H2,1-2H3. The summed E-state index contributed by atoms with van der Waals surface area (Å²) in [6, 6.07) is 5.22. The normalized spacial score (nSPS) is 22.6. The van der Waals surface area contributed by atoms with Crippen molar-refractivity contribution in [3.63, 3.8) is 0 Å². The fourth-order valence-electron chi connectivity index (χ4n) is 3.54. The largest absolute Gasteiger partial charge is 0.354 e. The van der Waals surface area contributed by atoms with Gasteiger partial charge < -0.3 is 10.2 Å². The van der Waals surface area contributed by atoms with Gasteiger partial charge in [0.2, 0.25) is 0 Å². The summed E-state index contributed by atoms with van der Waals surface area (Å²) in [5.41, 5.74) is 2.50. The van der Waals surface area contributed by atoms with Gasteiger partial charge in [-0.1, -0.05) is 13.0 Å². The Morgan fingerprint density at radius 1 is 1.29 bits per heavy atom. The summed E-state index contributed by atoms with van der Waals surface area (Å²) in [4.78, 5) is 9.98. The van der Waals surface area contributed by atoms with Gasteiger partial charge in [0.05, 0.1) is 0 Å². The fraction of sp³-hybridized carbons (Fsp3) is 0.706. The second-order valence-corrected chi connectivity index (χ2v) is 6.37. The van der Waals surface area contributed by atoms with Crippen LogP contribution in [-0.2, 0) is 6.54 Å². The molecule has 3 rings (SSSR count). The lowest BCUT2D eigenvalue weighted by molar-refractivity contribution is 0.230. The number of piperazine rings is 1. The van der Waals surface area contributed by atoms with Crippen molar-refractivity contribution in [3.05, 3.63) is 23.4 Å². The van der Waals surface area contributed by atoms with E-state index in [1.165, 1.54) is 49.4 Å². The topological polar surface area (TPSA) is 31.4 Å². The third kappa shape index (κ3) is 3.38. The lowest BCUT2D eigenvalue weighted by Crippen LogP contribution is -2.50. The first-order chi connectivity index (χ1) is 10.3. The molecule has 2 fully saturated rings. The minimum absolute atomic E-state index is 0.756. The molecule has 1 aromatic rings. The van der Waals surface area contributed by atoms with E-state index in [1.54, 1.807) is 0 Å². The minimum Gasteiger partial charge on any atom is -0.354 e. The summed E-state index contributed by atoms with van der Waals surface area (Å²) < 4.78 is 0. The summed E-state index contributed by atoms with van der Waals surface area (Å²) in [6.45, 7) is 11.1. The molecule has 0 spiro atoms. The third-order valence-corrected chi connectivity index (χ3v) is 4.83. The first kappa shape index (κ1) is 14.8. The molecule has 0 saturated carbocycles. The Hall–Kier alpha value is -1.13. The van der Waals surface area contributed by atoms with Crippen molar-refractivity contribution in [3.8, 4) is 0 Å². The zero-order valence-electron chi connectivity index (χ0n) is 13.4. The van der Waals surface area contributed by atoms with E-state index in [-0.39, 0.29) is 0 Å². The van der Waals surface area contributed by atoms with Crippen LogP contribution in [0.4, 0.5) is 5.82 Å². The molecule has 2 saturated heterocycles. The van der Waals surface area contributed by atoms with E-state index in [2.05, 4.69) is 41.1 Å². The van der Waals surface area contributed by atoms with Crippen molar-refractivity contribution in [2.45, 2.75) is 45.7 Å². The van der Waals surface area contributed by atoms with Crippen LogP contribution in [0.5, 0.6) is 0 Å². The summed E-state index contributed by atoms with van der Waals surface area (Å²) in [6.07, 6.45) is 3.90. The van der Waals surface area contributed by atoms with Crippen LogP contribution in [0.15, 0.2) is 12.1 Å². The first-order valence-electron chi connectivity index (χ1n) is 8.44. The van der Waals surface area contributed by atoms with Gasteiger partial charge in [0.25, 0.3) is 0 Å². The van der Waals surface area contributed by atoms with Gasteiger partial charge in [-0.15, -0.1) is 0 Å². The Bertz CT molecular complexity index is 474. The molecule has 2 aliphatic heterocycles. The molecule has 3 heterocycles. The highest BCUT2D eigenvalue weighted by Crippen LogP contribution is 2.25. The van der Waals surface area contributed by atoms with E-state index >= 15 is 0 Å². The number of nitrogens with one attached hydrogen (secondary N) is 1. The summed E-state index contributed by atoms with van der Waals surface area (Å²) in [5.74, 6) is 1.17. The van der Waals surface area contributed by atoms with Crippen LogP contribution in [0, 0.1) is 6.92 Å². The maximum absolute atomic E-state index is 4.86. The highest BCUT2D eigenvalue weighted by atomic mass is 15.3. The molecule has 21 heavy (non-hydrogen) atoms. The fourth-order valence-corrected chi connectivity index (χ4v) is 3.54. The van der Waals surface area contributed by atoms with Crippen molar-refractivity contribution < 1.29 is 0 Å². The number of rotatable bonds is 5. The van der Waals surface area contributed by atoms with Crippen molar-refractivity contribution in [2.24, 2.45) is 0 Å². The molecule has 4 nitrogen and oxygen atoms in total. The van der Waals surface area contributed by atoms with Crippen LogP contribution in [0.25, 0.3) is 0 Å². The second-order valence-electron chi connectivity index (χ2n) is 6.37. The molecule has 1 unspecified atom stereocenters. The minimum atomic E-state index is 0.756. The predicted octanol–water partition coefficient (Wildman–Crippen LogP) is 2.17. The molecule has 116 valence electrons. The van der Waals surface area contributed by atoms with Crippen LogP contribution in [-0.4, -0.2) is 48.6 Å². The SMILES string of the molecule is CCCNCc1ccc(N2CCN3CCCC3C2)nc1C. The van der Waals surface area contributed by atoms with Crippen molar-refractivity contribution in [1.29, 1.82) is 0 Å². The quantitative estimate of drug-likeness (QED) is 0.842. The maximum atomic E-state index is 4.86. The Labute approximate surface area is 128 Å². The number of aromatic nitrogens is 1. The molecule has 0 aromatic carbocycles. The van der Waals surface area contributed by atoms with E-state index in [0.717, 1.165) is 32.2 Å². The molecule has 2 aliphatic rings. The van der Waals surface area contributed by atoms with Crippen LogP contribution < -0.4 is 10.2 Å². The Morgan fingerprint density at radius 3 is 3.00 bits per heavy atom. The first-order valence-corrected chi connectivity index (χ1v) is 8.44. The van der Waals surface area contributed by atoms with E-state index in [1.807, 2.05) is 0 Å². The molecule has 0 amide bonds.